The minimum absolute atomic E-state index is 0.329. The highest BCUT2D eigenvalue weighted by atomic mass is 19.1. The average molecular weight is 342 g/mol. The number of carboxylic acid groups (broad SMARTS) is 2. The molecule has 0 aromatic heterocycles. The van der Waals surface area contributed by atoms with Gasteiger partial charge < -0.3 is 40.1 Å². The summed E-state index contributed by atoms with van der Waals surface area (Å²) in [6.45, 7) is -1.04. The van der Waals surface area contributed by atoms with E-state index in [0.29, 0.717) is 0 Å². The summed E-state index contributed by atoms with van der Waals surface area (Å²) in [7, 11) is 0. The summed E-state index contributed by atoms with van der Waals surface area (Å²) in [5, 5.41) is 54.8. The van der Waals surface area contributed by atoms with Gasteiger partial charge >= 0.3 is 17.6 Å². The van der Waals surface area contributed by atoms with E-state index in [1.54, 1.807) is 0 Å². The molecule has 1 heterocycles. The fraction of sp³-hybridized carbons (Fsp3) is 0.833. The molecule has 0 amide bonds. The number of carbonyl (C=O) groups is 2. The Balaban J connectivity index is 2.52. The van der Waals surface area contributed by atoms with Crippen molar-refractivity contribution in [3.8, 4) is 0 Å². The van der Waals surface area contributed by atoms with E-state index in [0.717, 1.165) is 0 Å². The second-order valence-electron chi connectivity index (χ2n) is 5.08. The van der Waals surface area contributed by atoms with E-state index in [9.17, 15) is 29.3 Å². The Morgan fingerprint density at radius 3 is 2.13 bits per heavy atom. The number of rotatable bonds is 8. The van der Waals surface area contributed by atoms with E-state index >= 15 is 0 Å². The lowest BCUT2D eigenvalue weighted by molar-refractivity contribution is -0.301. The van der Waals surface area contributed by atoms with Crippen LogP contribution >= 0.6 is 0 Å². The van der Waals surface area contributed by atoms with Gasteiger partial charge in [0.05, 0.1) is 13.2 Å². The quantitative estimate of drug-likeness (QED) is 0.204. The van der Waals surface area contributed by atoms with Crippen LogP contribution in [0.2, 0.25) is 0 Å². The van der Waals surface area contributed by atoms with Gasteiger partial charge in [-0.3, -0.25) is 0 Å². The van der Waals surface area contributed by atoms with Crippen LogP contribution in [0.25, 0.3) is 0 Å². The molecule has 5 atom stereocenters. The molecule has 0 bridgehead atoms. The number of ether oxygens (including phenoxy) is 2. The third-order valence-electron chi connectivity index (χ3n) is 3.47. The highest BCUT2D eigenvalue weighted by molar-refractivity contribution is 6.01. The lowest BCUT2D eigenvalue weighted by Gasteiger charge is -2.39. The van der Waals surface area contributed by atoms with Crippen LogP contribution in [0.4, 0.5) is 4.39 Å². The molecule has 11 heteroatoms. The molecular weight excluding hydrogens is 323 g/mol. The molecule has 6 N–H and O–H groups in total. The van der Waals surface area contributed by atoms with Crippen LogP contribution in [0.3, 0.4) is 0 Å². The third-order valence-corrected chi connectivity index (χ3v) is 3.47. The smallest absolute Gasteiger partial charge is 0.353 e. The highest BCUT2D eigenvalue weighted by Gasteiger charge is 2.47. The number of aliphatic hydroxyl groups is 4. The molecule has 0 spiro atoms. The molecule has 1 rings (SSSR count). The Labute approximate surface area is 129 Å². The summed E-state index contributed by atoms with van der Waals surface area (Å²) >= 11 is 0. The molecule has 134 valence electrons. The van der Waals surface area contributed by atoms with Crippen molar-refractivity contribution in [3.05, 3.63) is 0 Å². The molecule has 23 heavy (non-hydrogen) atoms. The van der Waals surface area contributed by atoms with Gasteiger partial charge in [0.15, 0.2) is 6.29 Å². The Kier molecular flexibility index (Phi) is 6.80. The van der Waals surface area contributed by atoms with Gasteiger partial charge in [-0.25, -0.2) is 14.0 Å². The van der Waals surface area contributed by atoms with Gasteiger partial charge in [0, 0.05) is 6.42 Å². The monoisotopic (exact) mass is 342 g/mol. The minimum Gasteiger partial charge on any atom is -0.478 e. The fourth-order valence-electron chi connectivity index (χ4n) is 2.03. The zero-order valence-corrected chi connectivity index (χ0v) is 11.9. The topological polar surface area (TPSA) is 174 Å². The van der Waals surface area contributed by atoms with Gasteiger partial charge in [0.25, 0.3) is 0 Å². The van der Waals surface area contributed by atoms with Crippen molar-refractivity contribution in [2.24, 2.45) is 0 Å². The van der Waals surface area contributed by atoms with E-state index in [1.807, 2.05) is 0 Å². The van der Waals surface area contributed by atoms with Crippen LogP contribution in [-0.2, 0) is 19.1 Å². The van der Waals surface area contributed by atoms with Crippen molar-refractivity contribution in [2.75, 3.05) is 13.2 Å². The van der Waals surface area contributed by atoms with Crippen molar-refractivity contribution in [1.29, 1.82) is 0 Å². The summed E-state index contributed by atoms with van der Waals surface area (Å²) in [5.74, 6) is -4.28. The summed E-state index contributed by atoms with van der Waals surface area (Å²) < 4.78 is 23.7. The van der Waals surface area contributed by atoms with Gasteiger partial charge in [0.1, 0.15) is 24.4 Å². The van der Waals surface area contributed by atoms with Crippen molar-refractivity contribution in [2.45, 2.75) is 49.2 Å². The normalized spacial score (nSPS) is 31.8. The first-order chi connectivity index (χ1) is 10.6. The largest absolute Gasteiger partial charge is 0.478 e. The SMILES string of the molecule is O=C(O)C(F)(CCCOC1O[C@H](CO)[C@@H](O)[C@H](O)[C@H]1O)C(=O)O. The first-order valence-electron chi connectivity index (χ1n) is 6.73. The predicted molar refractivity (Wildman–Crippen MR) is 68.1 cm³/mol. The Morgan fingerprint density at radius 1 is 1.09 bits per heavy atom. The van der Waals surface area contributed by atoms with Crippen LogP contribution in [0.15, 0.2) is 0 Å². The van der Waals surface area contributed by atoms with Crippen LogP contribution < -0.4 is 0 Å². The molecule has 0 aromatic carbocycles. The molecule has 1 fully saturated rings. The number of carboxylic acids is 2. The Hall–Kier alpha value is -1.37. The lowest BCUT2D eigenvalue weighted by Crippen LogP contribution is -2.59. The molecule has 10 nitrogen and oxygen atoms in total. The molecule has 0 radical (unpaired) electrons. The van der Waals surface area contributed by atoms with Crippen molar-refractivity contribution in [1.82, 2.24) is 0 Å². The summed E-state index contributed by atoms with van der Waals surface area (Å²) in [4.78, 5) is 21.2. The van der Waals surface area contributed by atoms with Crippen molar-refractivity contribution < 1.29 is 54.1 Å². The van der Waals surface area contributed by atoms with Gasteiger partial charge in [-0.2, -0.15) is 0 Å². The fourth-order valence-corrected chi connectivity index (χ4v) is 2.03. The van der Waals surface area contributed by atoms with E-state index in [4.69, 9.17) is 24.8 Å². The van der Waals surface area contributed by atoms with E-state index in [-0.39, 0.29) is 13.0 Å². The van der Waals surface area contributed by atoms with E-state index in [1.165, 1.54) is 0 Å². The number of alkyl halides is 1. The number of halogens is 1. The lowest BCUT2D eigenvalue weighted by atomic mass is 9.99. The second kappa shape index (κ2) is 7.95. The van der Waals surface area contributed by atoms with E-state index < -0.39 is 61.3 Å². The maximum absolute atomic E-state index is 13.7. The predicted octanol–water partition coefficient (Wildman–Crippen LogP) is -2.54. The van der Waals surface area contributed by atoms with Crippen LogP contribution in [0.1, 0.15) is 12.8 Å². The van der Waals surface area contributed by atoms with E-state index in [2.05, 4.69) is 0 Å². The molecule has 0 aromatic rings. The molecule has 1 unspecified atom stereocenters. The number of hydrogen-bond acceptors (Lipinski definition) is 8. The maximum atomic E-state index is 13.7. The molecule has 1 aliphatic rings. The van der Waals surface area contributed by atoms with Crippen molar-refractivity contribution in [3.63, 3.8) is 0 Å². The van der Waals surface area contributed by atoms with Gasteiger partial charge in [0.2, 0.25) is 0 Å². The molecule has 0 aliphatic carbocycles. The number of aliphatic hydroxyl groups excluding tert-OH is 4. The zero-order valence-electron chi connectivity index (χ0n) is 11.9. The average Bonchev–Trinajstić information content (AvgIpc) is 2.50. The standard InChI is InChI=1S/C12H19FO10/c13-12(10(18)19,11(20)21)2-1-3-22-9-8(17)7(16)6(15)5(4-14)23-9/h5-9,14-17H,1-4H2,(H,18,19)(H,20,21)/t5-,6-,7+,8-,9?/m1/s1. The Bertz CT molecular complexity index is 414. The van der Waals surface area contributed by atoms with Crippen molar-refractivity contribution >= 4 is 11.9 Å². The molecule has 1 saturated heterocycles. The van der Waals surface area contributed by atoms with Crippen LogP contribution in [0, 0.1) is 0 Å². The minimum atomic E-state index is -3.46. The summed E-state index contributed by atoms with van der Waals surface area (Å²) in [6.07, 6.45) is -8.71. The number of aliphatic carboxylic acids is 2. The summed E-state index contributed by atoms with van der Waals surface area (Å²) in [5.41, 5.74) is -3.46. The third kappa shape index (κ3) is 4.34. The Morgan fingerprint density at radius 2 is 1.65 bits per heavy atom. The molecule has 1 aliphatic heterocycles. The first-order valence-corrected chi connectivity index (χ1v) is 6.73. The van der Waals surface area contributed by atoms with Gasteiger partial charge in [-0.1, -0.05) is 0 Å². The van der Waals surface area contributed by atoms with Gasteiger partial charge in [-0.15, -0.1) is 0 Å². The summed E-state index contributed by atoms with van der Waals surface area (Å²) in [6, 6.07) is 0. The van der Waals surface area contributed by atoms with Crippen LogP contribution in [-0.4, -0.2) is 92.2 Å². The first kappa shape index (κ1) is 19.7. The number of hydrogen-bond donors (Lipinski definition) is 6. The van der Waals surface area contributed by atoms with Crippen LogP contribution in [0.5, 0.6) is 0 Å². The van der Waals surface area contributed by atoms with Gasteiger partial charge in [-0.05, 0) is 6.42 Å². The molecular formula is C12H19FO10. The zero-order chi connectivity index (χ0) is 17.8. The maximum Gasteiger partial charge on any atom is 0.353 e. The second-order valence-corrected chi connectivity index (χ2v) is 5.08. The highest BCUT2D eigenvalue weighted by Crippen LogP contribution is 2.23. The molecule has 0 saturated carbocycles.